The van der Waals surface area contributed by atoms with Gasteiger partial charge in [-0.05, 0) is 6.92 Å². The summed E-state index contributed by atoms with van der Waals surface area (Å²) in [5.41, 5.74) is -1.65. The first-order valence-corrected chi connectivity index (χ1v) is 3.77. The van der Waals surface area contributed by atoms with E-state index < -0.39 is 15.4 Å². The Morgan fingerprint density at radius 3 is 2.10 bits per heavy atom. The third-order valence-corrected chi connectivity index (χ3v) is 2.66. The Kier molecular flexibility index (Phi) is 1.82. The fraction of sp³-hybridized carbons (Fsp3) is 0.800. The lowest BCUT2D eigenvalue weighted by atomic mass is 10.4. The van der Waals surface area contributed by atoms with E-state index in [0.29, 0.717) is 6.42 Å². The zero-order chi connectivity index (χ0) is 7.99. The van der Waals surface area contributed by atoms with Crippen LogP contribution in [0.1, 0.15) is 13.3 Å². The van der Waals surface area contributed by atoms with Crippen LogP contribution in [-0.2, 0) is 4.74 Å². The number of carbonyl (C=O) groups excluding carboxylic acids is 1. The predicted molar refractivity (Wildman–Crippen MR) is 39.8 cm³/mol. The summed E-state index contributed by atoms with van der Waals surface area (Å²) in [6.07, 6.45) is 0.432. The van der Waals surface area contributed by atoms with Crippen LogP contribution in [0.4, 0.5) is 4.79 Å². The summed E-state index contributed by atoms with van der Waals surface area (Å²) >= 11 is 16.2. The van der Waals surface area contributed by atoms with E-state index in [9.17, 15) is 4.79 Å². The van der Waals surface area contributed by atoms with Crippen molar-refractivity contribution < 1.29 is 9.53 Å². The second-order valence-electron chi connectivity index (χ2n) is 2.45. The van der Waals surface area contributed by atoms with Gasteiger partial charge in [0.05, 0.1) is 0 Å². The molecule has 58 valence electrons. The Balaban J connectivity index is 2.52. The van der Waals surface area contributed by atoms with Crippen molar-refractivity contribution in [1.82, 2.24) is 0 Å². The van der Waals surface area contributed by atoms with E-state index in [4.69, 9.17) is 34.8 Å². The molecule has 0 heterocycles. The Labute approximate surface area is 73.4 Å². The Morgan fingerprint density at radius 1 is 1.60 bits per heavy atom. The zero-order valence-electron chi connectivity index (χ0n) is 5.16. The topological polar surface area (TPSA) is 26.3 Å². The van der Waals surface area contributed by atoms with Gasteiger partial charge in [0.1, 0.15) is 5.60 Å². The largest absolute Gasteiger partial charge is 0.444 e. The monoisotopic (exact) mass is 202 g/mol. The highest BCUT2D eigenvalue weighted by molar-refractivity contribution is 6.61. The van der Waals surface area contributed by atoms with Gasteiger partial charge >= 0.3 is 5.43 Å². The molecular formula is C5H5Cl3O2. The summed E-state index contributed by atoms with van der Waals surface area (Å²) < 4.78 is 3.68. The molecule has 10 heavy (non-hydrogen) atoms. The molecule has 0 N–H and O–H groups in total. The molecule has 5 heteroatoms. The molecule has 0 radical (unpaired) electrons. The van der Waals surface area contributed by atoms with Gasteiger partial charge < -0.3 is 4.74 Å². The van der Waals surface area contributed by atoms with Crippen molar-refractivity contribution in [1.29, 1.82) is 0 Å². The summed E-state index contributed by atoms with van der Waals surface area (Å²) in [7, 11) is 0. The van der Waals surface area contributed by atoms with Gasteiger partial charge in [0.2, 0.25) is 0 Å². The highest BCUT2D eigenvalue weighted by Crippen LogP contribution is 2.59. The van der Waals surface area contributed by atoms with Gasteiger partial charge in [-0.1, -0.05) is 23.2 Å². The Hall–Kier alpha value is 0.340. The molecule has 1 fully saturated rings. The van der Waals surface area contributed by atoms with Gasteiger partial charge in [-0.3, -0.25) is 0 Å². The van der Waals surface area contributed by atoms with E-state index in [1.807, 2.05) is 0 Å². The molecule has 1 unspecified atom stereocenters. The number of halogens is 3. The minimum atomic E-state index is -0.947. The third-order valence-electron chi connectivity index (χ3n) is 1.51. The summed E-state index contributed by atoms with van der Waals surface area (Å²) in [4.78, 5) is 10.2. The van der Waals surface area contributed by atoms with Crippen LogP contribution in [0.25, 0.3) is 0 Å². The third kappa shape index (κ3) is 1.34. The maximum Gasteiger partial charge on any atom is 0.404 e. The van der Waals surface area contributed by atoms with E-state index >= 15 is 0 Å². The minimum absolute atomic E-state index is 0.432. The van der Waals surface area contributed by atoms with Crippen LogP contribution < -0.4 is 0 Å². The van der Waals surface area contributed by atoms with E-state index in [2.05, 4.69) is 4.74 Å². The van der Waals surface area contributed by atoms with E-state index in [1.54, 1.807) is 6.92 Å². The average molecular weight is 203 g/mol. The molecular weight excluding hydrogens is 198 g/mol. The molecule has 0 aromatic carbocycles. The molecule has 0 aliphatic heterocycles. The molecule has 1 aliphatic carbocycles. The van der Waals surface area contributed by atoms with Crippen LogP contribution in [-0.4, -0.2) is 15.4 Å². The molecule has 1 atom stereocenters. The van der Waals surface area contributed by atoms with Crippen molar-refractivity contribution >= 4 is 40.2 Å². The zero-order valence-corrected chi connectivity index (χ0v) is 7.43. The van der Waals surface area contributed by atoms with Crippen molar-refractivity contribution in [3.63, 3.8) is 0 Å². The number of hydrogen-bond donors (Lipinski definition) is 0. The SMILES string of the molecule is CC1(OC(=O)Cl)CC1(Cl)Cl. The van der Waals surface area contributed by atoms with Gasteiger partial charge in [-0.2, -0.15) is 0 Å². The van der Waals surface area contributed by atoms with Crippen LogP contribution in [0, 0.1) is 0 Å². The molecule has 1 aliphatic rings. The summed E-state index contributed by atoms with van der Waals surface area (Å²) in [5, 5.41) is 0. The van der Waals surface area contributed by atoms with E-state index in [1.165, 1.54) is 0 Å². The summed E-state index contributed by atoms with van der Waals surface area (Å²) in [6, 6.07) is 0. The normalized spacial score (nSPS) is 35.2. The number of alkyl halides is 2. The average Bonchev–Trinajstić information content (AvgIpc) is 2.01. The Morgan fingerprint density at radius 2 is 2.00 bits per heavy atom. The number of rotatable bonds is 1. The van der Waals surface area contributed by atoms with Crippen LogP contribution in [0.15, 0.2) is 0 Å². The van der Waals surface area contributed by atoms with Crippen LogP contribution >= 0.6 is 34.8 Å². The van der Waals surface area contributed by atoms with Crippen molar-refractivity contribution in [2.24, 2.45) is 0 Å². The fourth-order valence-corrected chi connectivity index (χ4v) is 1.42. The van der Waals surface area contributed by atoms with Crippen molar-refractivity contribution in [3.8, 4) is 0 Å². The highest BCUT2D eigenvalue weighted by Gasteiger charge is 2.66. The predicted octanol–water partition coefficient (Wildman–Crippen LogP) is 2.70. The lowest BCUT2D eigenvalue weighted by molar-refractivity contribution is 0.115. The van der Waals surface area contributed by atoms with Gasteiger partial charge in [-0.15, -0.1) is 0 Å². The van der Waals surface area contributed by atoms with Crippen molar-refractivity contribution in [2.75, 3.05) is 0 Å². The first-order chi connectivity index (χ1) is 4.37. The molecule has 1 rings (SSSR count). The van der Waals surface area contributed by atoms with Gasteiger partial charge in [-0.25, -0.2) is 4.79 Å². The highest BCUT2D eigenvalue weighted by atomic mass is 35.5. The molecule has 0 saturated heterocycles. The second-order valence-corrected chi connectivity index (χ2v) is 4.24. The van der Waals surface area contributed by atoms with E-state index in [-0.39, 0.29) is 0 Å². The molecule has 0 aromatic rings. The molecule has 0 aromatic heterocycles. The Bertz CT molecular complexity index is 180. The van der Waals surface area contributed by atoms with Crippen molar-refractivity contribution in [3.05, 3.63) is 0 Å². The van der Waals surface area contributed by atoms with Gasteiger partial charge in [0.15, 0.2) is 4.33 Å². The maximum atomic E-state index is 10.2. The van der Waals surface area contributed by atoms with Crippen LogP contribution in [0.5, 0.6) is 0 Å². The first-order valence-electron chi connectivity index (χ1n) is 2.64. The molecule has 1 saturated carbocycles. The first kappa shape index (κ1) is 8.44. The number of hydrogen-bond acceptors (Lipinski definition) is 2. The minimum Gasteiger partial charge on any atom is -0.444 e. The van der Waals surface area contributed by atoms with Crippen LogP contribution in [0.3, 0.4) is 0 Å². The molecule has 0 bridgehead atoms. The smallest absolute Gasteiger partial charge is 0.404 e. The molecule has 2 nitrogen and oxygen atoms in total. The molecule has 0 spiro atoms. The number of ether oxygens (including phenoxy) is 1. The lowest BCUT2D eigenvalue weighted by Gasteiger charge is -2.09. The lowest BCUT2D eigenvalue weighted by Crippen LogP contribution is -2.18. The standard InChI is InChI=1S/C5H5Cl3O2/c1-4(10-3(6)9)2-5(4,7)8/h2H2,1H3. The molecule has 0 amide bonds. The van der Waals surface area contributed by atoms with Crippen molar-refractivity contribution in [2.45, 2.75) is 23.3 Å². The van der Waals surface area contributed by atoms with Gasteiger partial charge in [0.25, 0.3) is 0 Å². The van der Waals surface area contributed by atoms with Gasteiger partial charge in [0, 0.05) is 18.0 Å². The summed E-state index contributed by atoms with van der Waals surface area (Å²) in [6.45, 7) is 1.63. The summed E-state index contributed by atoms with van der Waals surface area (Å²) in [5.74, 6) is 0. The van der Waals surface area contributed by atoms with Crippen LogP contribution in [0.2, 0.25) is 0 Å². The maximum absolute atomic E-state index is 10.2. The second kappa shape index (κ2) is 2.16. The van der Waals surface area contributed by atoms with E-state index in [0.717, 1.165) is 0 Å². The fourth-order valence-electron chi connectivity index (χ4n) is 0.667. The number of carbonyl (C=O) groups is 1. The quantitative estimate of drug-likeness (QED) is 0.484.